The Hall–Kier alpha value is -1.35. The van der Waals surface area contributed by atoms with Crippen LogP contribution in [-0.2, 0) is 11.2 Å². The molecule has 1 aliphatic carbocycles. The summed E-state index contributed by atoms with van der Waals surface area (Å²) in [4.78, 5) is 14.9. The minimum Gasteiger partial charge on any atom is -0.342 e. The lowest BCUT2D eigenvalue weighted by Crippen LogP contribution is -2.54. The maximum absolute atomic E-state index is 12.8. The van der Waals surface area contributed by atoms with Crippen LogP contribution in [0.4, 0.5) is 0 Å². The van der Waals surface area contributed by atoms with E-state index < -0.39 is 0 Å². The van der Waals surface area contributed by atoms with E-state index in [4.69, 9.17) is 5.73 Å². The normalized spacial score (nSPS) is 28.2. The van der Waals surface area contributed by atoms with Crippen LogP contribution in [0.1, 0.15) is 43.7 Å². The van der Waals surface area contributed by atoms with Crippen molar-refractivity contribution in [2.24, 2.45) is 11.1 Å². The Balaban J connectivity index is 1.78. The largest absolute Gasteiger partial charge is 0.342 e. The Morgan fingerprint density at radius 1 is 1.30 bits per heavy atom. The first-order valence-corrected chi connectivity index (χ1v) is 7.61. The third-order valence-electron chi connectivity index (χ3n) is 5.05. The number of nitrogens with zero attached hydrogens (tertiary/aromatic N) is 1. The Kier molecular flexibility index (Phi) is 3.33. The van der Waals surface area contributed by atoms with Crippen molar-refractivity contribution >= 4 is 5.91 Å². The maximum Gasteiger partial charge on any atom is 0.230 e. The number of benzene rings is 1. The molecule has 3 rings (SSSR count). The van der Waals surface area contributed by atoms with Crippen molar-refractivity contribution in [3.8, 4) is 0 Å². The summed E-state index contributed by atoms with van der Waals surface area (Å²) in [5.41, 5.74) is 8.77. The Morgan fingerprint density at radius 2 is 2.05 bits per heavy atom. The van der Waals surface area contributed by atoms with Crippen LogP contribution < -0.4 is 5.73 Å². The van der Waals surface area contributed by atoms with Crippen LogP contribution in [0.2, 0.25) is 0 Å². The lowest BCUT2D eigenvalue weighted by Gasteiger charge is -2.43. The van der Waals surface area contributed by atoms with Gasteiger partial charge >= 0.3 is 0 Å². The monoisotopic (exact) mass is 272 g/mol. The molecule has 3 heteroatoms. The molecule has 20 heavy (non-hydrogen) atoms. The van der Waals surface area contributed by atoms with E-state index in [0.717, 1.165) is 32.4 Å². The van der Waals surface area contributed by atoms with Crippen molar-refractivity contribution < 1.29 is 4.79 Å². The minimum absolute atomic E-state index is 0.0199. The SMILES string of the molecule is CC1(C)CN(C(=O)C2CCc3ccccc32)CCC1N. The summed E-state index contributed by atoms with van der Waals surface area (Å²) in [7, 11) is 0. The smallest absolute Gasteiger partial charge is 0.230 e. The van der Waals surface area contributed by atoms with Crippen LogP contribution in [-0.4, -0.2) is 29.9 Å². The summed E-state index contributed by atoms with van der Waals surface area (Å²) in [6.45, 7) is 5.92. The average molecular weight is 272 g/mol. The summed E-state index contributed by atoms with van der Waals surface area (Å²) in [6.07, 6.45) is 2.90. The molecule has 2 unspecified atom stereocenters. The highest BCUT2D eigenvalue weighted by atomic mass is 16.2. The summed E-state index contributed by atoms with van der Waals surface area (Å²) >= 11 is 0. The standard InChI is InChI=1S/C17H24N2O/c1-17(2)11-19(10-9-15(17)18)16(20)14-8-7-12-5-3-4-6-13(12)14/h3-6,14-15H,7-11,18H2,1-2H3. The molecule has 1 fully saturated rings. The van der Waals surface area contributed by atoms with Gasteiger partial charge in [0.05, 0.1) is 5.92 Å². The average Bonchev–Trinajstić information content (AvgIpc) is 2.85. The zero-order valence-electron chi connectivity index (χ0n) is 12.4. The number of rotatable bonds is 1. The summed E-state index contributed by atoms with van der Waals surface area (Å²) in [5, 5.41) is 0. The molecule has 1 saturated heterocycles. The molecule has 2 atom stereocenters. The molecule has 1 aromatic rings. The third-order valence-corrected chi connectivity index (χ3v) is 5.05. The van der Waals surface area contributed by atoms with Gasteiger partial charge in [-0.2, -0.15) is 0 Å². The fourth-order valence-electron chi connectivity index (χ4n) is 3.60. The van der Waals surface area contributed by atoms with Gasteiger partial charge in [-0.3, -0.25) is 4.79 Å². The first kappa shape index (κ1) is 13.6. The zero-order valence-corrected chi connectivity index (χ0v) is 12.4. The molecular formula is C17H24N2O. The van der Waals surface area contributed by atoms with Gasteiger partial charge in [0.1, 0.15) is 0 Å². The van der Waals surface area contributed by atoms with E-state index in [1.54, 1.807) is 0 Å². The van der Waals surface area contributed by atoms with Crippen molar-refractivity contribution in [3.05, 3.63) is 35.4 Å². The van der Waals surface area contributed by atoms with Crippen LogP contribution >= 0.6 is 0 Å². The third kappa shape index (κ3) is 2.24. The highest BCUT2D eigenvalue weighted by Crippen LogP contribution is 2.36. The Morgan fingerprint density at radius 3 is 2.80 bits per heavy atom. The van der Waals surface area contributed by atoms with E-state index in [2.05, 4.69) is 32.0 Å². The molecule has 2 aliphatic rings. The molecule has 108 valence electrons. The highest BCUT2D eigenvalue weighted by molar-refractivity contribution is 5.85. The van der Waals surface area contributed by atoms with Crippen LogP contribution in [0.25, 0.3) is 0 Å². The van der Waals surface area contributed by atoms with Crippen molar-refractivity contribution in [2.75, 3.05) is 13.1 Å². The molecular weight excluding hydrogens is 248 g/mol. The van der Waals surface area contributed by atoms with Gasteiger partial charge in [0.2, 0.25) is 5.91 Å². The van der Waals surface area contributed by atoms with Gasteiger partial charge in [-0.05, 0) is 35.8 Å². The predicted molar refractivity (Wildman–Crippen MR) is 80.5 cm³/mol. The number of hydrogen-bond donors (Lipinski definition) is 1. The number of nitrogens with two attached hydrogens (primary N) is 1. The fourth-order valence-corrected chi connectivity index (χ4v) is 3.60. The zero-order chi connectivity index (χ0) is 14.3. The predicted octanol–water partition coefficient (Wildman–Crippen LogP) is 2.30. The van der Waals surface area contributed by atoms with E-state index in [0.29, 0.717) is 5.91 Å². The minimum atomic E-state index is 0.0199. The second-order valence-corrected chi connectivity index (χ2v) is 6.93. The molecule has 0 radical (unpaired) electrons. The van der Waals surface area contributed by atoms with Crippen LogP contribution in [0.5, 0.6) is 0 Å². The molecule has 0 bridgehead atoms. The quantitative estimate of drug-likeness (QED) is 0.852. The van der Waals surface area contributed by atoms with Gasteiger partial charge in [-0.15, -0.1) is 0 Å². The highest BCUT2D eigenvalue weighted by Gasteiger charge is 2.38. The summed E-state index contributed by atoms with van der Waals surface area (Å²) in [5.74, 6) is 0.367. The molecule has 0 spiro atoms. The molecule has 1 aromatic carbocycles. The Bertz CT molecular complexity index is 523. The van der Waals surface area contributed by atoms with Crippen molar-refractivity contribution in [2.45, 2.75) is 45.1 Å². The molecule has 3 nitrogen and oxygen atoms in total. The van der Waals surface area contributed by atoms with Crippen LogP contribution in [0.15, 0.2) is 24.3 Å². The Labute approximate surface area is 121 Å². The number of carbonyl (C=O) groups is 1. The molecule has 1 aliphatic heterocycles. The molecule has 2 N–H and O–H groups in total. The van der Waals surface area contributed by atoms with Crippen molar-refractivity contribution in [3.63, 3.8) is 0 Å². The lowest BCUT2D eigenvalue weighted by molar-refractivity contribution is -0.136. The first-order chi connectivity index (χ1) is 9.49. The van der Waals surface area contributed by atoms with Gasteiger partial charge in [0.15, 0.2) is 0 Å². The lowest BCUT2D eigenvalue weighted by atomic mass is 9.79. The van der Waals surface area contributed by atoms with Crippen LogP contribution in [0, 0.1) is 5.41 Å². The number of aryl methyl sites for hydroxylation is 1. The number of fused-ring (bicyclic) bond motifs is 1. The second-order valence-electron chi connectivity index (χ2n) is 6.93. The van der Waals surface area contributed by atoms with E-state index in [-0.39, 0.29) is 17.4 Å². The second kappa shape index (κ2) is 4.88. The maximum atomic E-state index is 12.8. The van der Waals surface area contributed by atoms with Crippen molar-refractivity contribution in [1.29, 1.82) is 0 Å². The van der Waals surface area contributed by atoms with E-state index in [1.807, 2.05) is 11.0 Å². The molecule has 1 heterocycles. The fraction of sp³-hybridized carbons (Fsp3) is 0.588. The number of carbonyl (C=O) groups excluding carboxylic acids is 1. The van der Waals surface area contributed by atoms with Gasteiger partial charge in [-0.25, -0.2) is 0 Å². The number of piperidine rings is 1. The number of likely N-dealkylation sites (tertiary alicyclic amines) is 1. The molecule has 0 aromatic heterocycles. The number of hydrogen-bond acceptors (Lipinski definition) is 2. The van der Waals surface area contributed by atoms with Gasteiger partial charge < -0.3 is 10.6 Å². The van der Waals surface area contributed by atoms with Crippen LogP contribution in [0.3, 0.4) is 0 Å². The summed E-state index contributed by atoms with van der Waals surface area (Å²) < 4.78 is 0. The van der Waals surface area contributed by atoms with Crippen molar-refractivity contribution in [1.82, 2.24) is 4.90 Å². The van der Waals surface area contributed by atoms with E-state index >= 15 is 0 Å². The topological polar surface area (TPSA) is 46.3 Å². The molecule has 1 amide bonds. The first-order valence-electron chi connectivity index (χ1n) is 7.61. The molecule has 0 saturated carbocycles. The summed E-state index contributed by atoms with van der Waals surface area (Å²) in [6, 6.07) is 8.57. The number of amides is 1. The van der Waals surface area contributed by atoms with E-state index in [1.165, 1.54) is 11.1 Å². The van der Waals surface area contributed by atoms with Gasteiger partial charge in [-0.1, -0.05) is 38.1 Å². The van der Waals surface area contributed by atoms with Gasteiger partial charge in [0, 0.05) is 19.1 Å². The van der Waals surface area contributed by atoms with Gasteiger partial charge in [0.25, 0.3) is 0 Å². The van der Waals surface area contributed by atoms with E-state index in [9.17, 15) is 4.79 Å².